The van der Waals surface area contributed by atoms with Crippen molar-refractivity contribution in [2.75, 3.05) is 0 Å². The third kappa shape index (κ3) is 3.46. The lowest BCUT2D eigenvalue weighted by Crippen LogP contribution is -2.49. The maximum Gasteiger partial charge on any atom is 0.0569 e. The summed E-state index contributed by atoms with van der Waals surface area (Å²) in [5, 5.41) is 10.5. The van der Waals surface area contributed by atoms with Gasteiger partial charge in [-0.25, -0.2) is 0 Å². The number of hydrogen-bond acceptors (Lipinski definition) is 1. The fraction of sp³-hybridized carbons (Fsp3) is 0.862. The van der Waals surface area contributed by atoms with E-state index in [1.165, 1.54) is 63.4 Å². The van der Waals surface area contributed by atoms with Gasteiger partial charge in [0, 0.05) is 0 Å². The van der Waals surface area contributed by atoms with Crippen molar-refractivity contribution in [1.29, 1.82) is 0 Å². The summed E-state index contributed by atoms with van der Waals surface area (Å²) >= 11 is 0. The lowest BCUT2D eigenvalue weighted by molar-refractivity contribution is -0.0336. The van der Waals surface area contributed by atoms with E-state index in [2.05, 4.69) is 48.1 Å². The van der Waals surface area contributed by atoms with Crippen LogP contribution < -0.4 is 0 Å². The van der Waals surface area contributed by atoms with E-state index < -0.39 is 0 Å². The molecule has 0 spiro atoms. The highest BCUT2D eigenvalue weighted by Crippen LogP contribution is 2.66. The molecule has 0 aromatic rings. The van der Waals surface area contributed by atoms with Gasteiger partial charge in [0.1, 0.15) is 0 Å². The van der Waals surface area contributed by atoms with Crippen LogP contribution in [0.5, 0.6) is 0 Å². The highest BCUT2D eigenvalue weighted by molar-refractivity contribution is 5.34. The maximum absolute atomic E-state index is 10.5. The van der Waals surface area contributed by atoms with Gasteiger partial charge in [-0.15, -0.1) is 0 Å². The van der Waals surface area contributed by atoms with Crippen molar-refractivity contribution in [2.45, 2.75) is 112 Å². The summed E-state index contributed by atoms with van der Waals surface area (Å²) in [6.45, 7) is 19.0. The van der Waals surface area contributed by atoms with Crippen molar-refractivity contribution >= 4 is 0 Å². The van der Waals surface area contributed by atoms with E-state index in [4.69, 9.17) is 0 Å². The molecule has 0 saturated heterocycles. The number of aliphatic hydroxyl groups is 1. The smallest absolute Gasteiger partial charge is 0.0569 e. The number of hydrogen-bond donors (Lipinski definition) is 1. The predicted octanol–water partition coefficient (Wildman–Crippen LogP) is 7.94. The van der Waals surface area contributed by atoms with Crippen molar-refractivity contribution in [3.8, 4) is 0 Å². The number of allylic oxidation sites excluding steroid dienone is 3. The minimum Gasteiger partial charge on any atom is -0.393 e. The molecule has 0 heterocycles. The monoisotopic (exact) mass is 412 g/mol. The summed E-state index contributed by atoms with van der Waals surface area (Å²) < 4.78 is 0. The van der Waals surface area contributed by atoms with Gasteiger partial charge in [-0.1, -0.05) is 64.8 Å². The van der Waals surface area contributed by atoms with Crippen LogP contribution in [0.1, 0.15) is 106 Å². The molecule has 0 radical (unpaired) electrons. The van der Waals surface area contributed by atoms with E-state index in [0.717, 1.165) is 24.2 Å². The molecule has 0 aromatic carbocycles. The van der Waals surface area contributed by atoms with Crippen molar-refractivity contribution in [3.05, 3.63) is 23.3 Å². The second kappa shape index (κ2) is 8.09. The van der Waals surface area contributed by atoms with Crippen LogP contribution in [0.15, 0.2) is 23.3 Å². The first-order chi connectivity index (χ1) is 14.1. The van der Waals surface area contributed by atoms with Gasteiger partial charge in [0.25, 0.3) is 0 Å². The van der Waals surface area contributed by atoms with Gasteiger partial charge in [0.2, 0.25) is 0 Å². The number of fused-ring (bicyclic) bond motifs is 4. The molecule has 1 N–H and O–H groups in total. The summed E-state index contributed by atoms with van der Waals surface area (Å²) in [6.07, 6.45) is 12.9. The van der Waals surface area contributed by atoms with Crippen molar-refractivity contribution in [2.24, 2.45) is 46.3 Å². The summed E-state index contributed by atoms with van der Waals surface area (Å²) in [5.41, 5.74) is 6.08. The van der Waals surface area contributed by atoms with Gasteiger partial charge >= 0.3 is 0 Å². The van der Waals surface area contributed by atoms with E-state index >= 15 is 0 Å². The molecule has 170 valence electrons. The fourth-order valence-corrected chi connectivity index (χ4v) is 8.79. The zero-order chi connectivity index (χ0) is 21.8. The summed E-state index contributed by atoms with van der Waals surface area (Å²) in [5.74, 6) is 4.32. The molecule has 4 aliphatic carbocycles. The maximum atomic E-state index is 10.5. The molecule has 8 atom stereocenters. The molecule has 0 bridgehead atoms. The minimum absolute atomic E-state index is 0.0728. The third-order valence-electron chi connectivity index (χ3n) is 11.0. The first-order valence-corrected chi connectivity index (χ1v) is 13.2. The average Bonchev–Trinajstić information content (AvgIpc) is 3.06. The second-order valence-electron chi connectivity index (χ2n) is 12.6. The van der Waals surface area contributed by atoms with Crippen LogP contribution in [0, 0.1) is 46.3 Å². The van der Waals surface area contributed by atoms with Gasteiger partial charge in [-0.3, -0.25) is 0 Å². The molecule has 3 unspecified atom stereocenters. The summed E-state index contributed by atoms with van der Waals surface area (Å²) in [4.78, 5) is 0. The predicted molar refractivity (Wildman–Crippen MR) is 128 cm³/mol. The van der Waals surface area contributed by atoms with E-state index in [1.807, 2.05) is 11.1 Å². The highest BCUT2D eigenvalue weighted by Gasteiger charge is 2.56. The van der Waals surface area contributed by atoms with Crippen LogP contribution in [0.2, 0.25) is 0 Å². The topological polar surface area (TPSA) is 20.2 Å². The van der Waals surface area contributed by atoms with Crippen LogP contribution in [0.3, 0.4) is 0 Å². The number of aliphatic hydroxyl groups excluding tert-OH is 1. The Morgan fingerprint density at radius 2 is 1.80 bits per heavy atom. The normalized spacial score (nSPS) is 44.5. The molecular weight excluding hydrogens is 364 g/mol. The largest absolute Gasteiger partial charge is 0.393 e. The fourth-order valence-electron chi connectivity index (χ4n) is 8.79. The summed E-state index contributed by atoms with van der Waals surface area (Å²) in [6, 6.07) is 0. The zero-order valence-corrected chi connectivity index (χ0v) is 20.8. The Balaban J connectivity index is 1.54. The quantitative estimate of drug-likeness (QED) is 0.454. The van der Waals surface area contributed by atoms with E-state index in [9.17, 15) is 5.11 Å². The molecule has 0 aliphatic heterocycles. The van der Waals surface area contributed by atoms with E-state index in [0.29, 0.717) is 28.6 Å². The standard InChI is InChI=1S/C29H48O/c1-18(2)19(3)8-9-20(4)23-12-13-25-22-10-11-24-21(5)27(30)15-17-29(24,7)26(22)14-16-28(23,25)6/h18,20-21,23-25,27,30H,3,8-17H2,1-2,4-7H3/t20-,21?,23-,24?,25+,27?,28-,29+/m1/s1. The third-order valence-corrected chi connectivity index (χ3v) is 11.0. The van der Waals surface area contributed by atoms with Crippen LogP contribution in [0.4, 0.5) is 0 Å². The zero-order valence-electron chi connectivity index (χ0n) is 20.8. The molecule has 1 heteroatoms. The average molecular weight is 413 g/mol. The van der Waals surface area contributed by atoms with E-state index in [-0.39, 0.29) is 6.10 Å². The Labute approximate surface area is 186 Å². The summed E-state index contributed by atoms with van der Waals surface area (Å²) in [7, 11) is 0. The Morgan fingerprint density at radius 1 is 1.07 bits per heavy atom. The molecule has 0 aromatic heterocycles. The molecular formula is C29H48O. The van der Waals surface area contributed by atoms with Gasteiger partial charge < -0.3 is 5.11 Å². The Morgan fingerprint density at radius 3 is 2.50 bits per heavy atom. The first kappa shape index (κ1) is 22.6. The Bertz CT molecular complexity index is 701. The number of rotatable bonds is 5. The van der Waals surface area contributed by atoms with Crippen molar-refractivity contribution in [3.63, 3.8) is 0 Å². The SMILES string of the molecule is C=C(CC[C@@H](C)[C@H]1CC[C@H]2C3=C(CC[C@]12C)[C@@]1(C)CCC(O)C(C)C1CC3)C(C)C. The molecule has 30 heavy (non-hydrogen) atoms. The van der Waals surface area contributed by atoms with Gasteiger partial charge in [-0.2, -0.15) is 0 Å². The van der Waals surface area contributed by atoms with Gasteiger partial charge in [0.15, 0.2) is 0 Å². The second-order valence-corrected chi connectivity index (χ2v) is 12.6. The highest BCUT2D eigenvalue weighted by atomic mass is 16.3. The first-order valence-electron chi connectivity index (χ1n) is 13.2. The molecule has 0 amide bonds. The minimum atomic E-state index is -0.0728. The van der Waals surface area contributed by atoms with Crippen LogP contribution >= 0.6 is 0 Å². The van der Waals surface area contributed by atoms with Crippen LogP contribution in [-0.4, -0.2) is 11.2 Å². The van der Waals surface area contributed by atoms with Crippen molar-refractivity contribution < 1.29 is 5.11 Å². The molecule has 4 rings (SSSR count). The Kier molecular flexibility index (Phi) is 6.10. The molecule has 4 aliphatic rings. The molecule has 2 saturated carbocycles. The van der Waals surface area contributed by atoms with Crippen LogP contribution in [0.25, 0.3) is 0 Å². The lowest BCUT2D eigenvalue weighted by Gasteiger charge is -2.56. The molecule has 1 nitrogen and oxygen atoms in total. The Hall–Kier alpha value is -0.560. The lowest BCUT2D eigenvalue weighted by atomic mass is 9.49. The van der Waals surface area contributed by atoms with Crippen molar-refractivity contribution in [1.82, 2.24) is 0 Å². The molecule has 2 fully saturated rings. The van der Waals surface area contributed by atoms with Gasteiger partial charge in [0.05, 0.1) is 6.10 Å². The van der Waals surface area contributed by atoms with E-state index in [1.54, 1.807) is 0 Å². The van der Waals surface area contributed by atoms with Crippen LogP contribution in [-0.2, 0) is 0 Å². The van der Waals surface area contributed by atoms with Gasteiger partial charge in [-0.05, 0) is 111 Å².